The number of nitrogens with zero attached hydrogens (tertiary/aromatic N) is 1. The van der Waals surface area contributed by atoms with Crippen LogP contribution in [0.25, 0.3) is 10.8 Å². The molecule has 0 fully saturated rings. The van der Waals surface area contributed by atoms with Gasteiger partial charge in [-0.05, 0) is 35.0 Å². The molecule has 0 saturated heterocycles. The average molecular weight is 289 g/mol. The van der Waals surface area contributed by atoms with Crippen LogP contribution in [0.4, 0.5) is 5.69 Å². The van der Waals surface area contributed by atoms with E-state index in [1.54, 1.807) is 0 Å². The van der Waals surface area contributed by atoms with E-state index in [1.165, 1.54) is 0 Å². The van der Waals surface area contributed by atoms with E-state index in [0.717, 1.165) is 15.2 Å². The zero-order valence-corrected chi connectivity index (χ0v) is 10.5. The van der Waals surface area contributed by atoms with Crippen LogP contribution >= 0.6 is 15.9 Å². The van der Waals surface area contributed by atoms with Gasteiger partial charge in [0.1, 0.15) is 6.42 Å². The van der Waals surface area contributed by atoms with Crippen molar-refractivity contribution in [2.45, 2.75) is 6.42 Å². The van der Waals surface area contributed by atoms with E-state index in [9.17, 15) is 4.79 Å². The van der Waals surface area contributed by atoms with Crippen molar-refractivity contribution >= 4 is 38.3 Å². The number of hydrogen-bond donors (Lipinski definition) is 1. The van der Waals surface area contributed by atoms with Crippen molar-refractivity contribution in [3.63, 3.8) is 0 Å². The van der Waals surface area contributed by atoms with E-state index < -0.39 is 0 Å². The summed E-state index contributed by atoms with van der Waals surface area (Å²) in [5.41, 5.74) is 0.708. The van der Waals surface area contributed by atoms with Crippen LogP contribution in [-0.4, -0.2) is 5.91 Å². The Kier molecular flexibility index (Phi) is 3.40. The van der Waals surface area contributed by atoms with Crippen LogP contribution in [0.2, 0.25) is 0 Å². The second-order valence-electron chi connectivity index (χ2n) is 3.59. The van der Waals surface area contributed by atoms with Gasteiger partial charge in [-0.25, -0.2) is 0 Å². The van der Waals surface area contributed by atoms with Crippen molar-refractivity contribution < 1.29 is 4.79 Å². The van der Waals surface area contributed by atoms with Gasteiger partial charge in [0.05, 0.1) is 6.07 Å². The van der Waals surface area contributed by atoms with Gasteiger partial charge in [-0.1, -0.05) is 28.1 Å². The van der Waals surface area contributed by atoms with Crippen molar-refractivity contribution in [3.8, 4) is 6.07 Å². The molecule has 0 aromatic heterocycles. The molecule has 0 aliphatic heterocycles. The molecule has 0 spiro atoms. The van der Waals surface area contributed by atoms with E-state index in [4.69, 9.17) is 5.26 Å². The summed E-state index contributed by atoms with van der Waals surface area (Å²) < 4.78 is 1.02. The maximum absolute atomic E-state index is 11.3. The molecule has 2 aromatic carbocycles. The van der Waals surface area contributed by atoms with Gasteiger partial charge in [0.15, 0.2) is 0 Å². The molecule has 0 heterocycles. The topological polar surface area (TPSA) is 52.9 Å². The van der Waals surface area contributed by atoms with Gasteiger partial charge in [0.25, 0.3) is 0 Å². The predicted molar refractivity (Wildman–Crippen MR) is 70.5 cm³/mol. The fourth-order valence-corrected chi connectivity index (χ4v) is 1.95. The SMILES string of the molecule is N#CCC(=O)Nc1ccc2cc(Br)ccc2c1. The van der Waals surface area contributed by atoms with Crippen molar-refractivity contribution in [1.29, 1.82) is 5.26 Å². The van der Waals surface area contributed by atoms with Crippen molar-refractivity contribution in [2.75, 3.05) is 5.32 Å². The van der Waals surface area contributed by atoms with Gasteiger partial charge in [-0.3, -0.25) is 4.79 Å². The van der Waals surface area contributed by atoms with Gasteiger partial charge in [0, 0.05) is 10.2 Å². The summed E-state index contributed by atoms with van der Waals surface area (Å²) in [7, 11) is 0. The first-order chi connectivity index (χ1) is 8.19. The number of carbonyl (C=O) groups excluding carboxylic acids is 1. The molecular formula is C13H9BrN2O. The highest BCUT2D eigenvalue weighted by molar-refractivity contribution is 9.10. The van der Waals surface area contributed by atoms with Gasteiger partial charge in [0.2, 0.25) is 5.91 Å². The lowest BCUT2D eigenvalue weighted by molar-refractivity contribution is -0.115. The Balaban J connectivity index is 2.29. The van der Waals surface area contributed by atoms with Gasteiger partial charge >= 0.3 is 0 Å². The number of fused-ring (bicyclic) bond motifs is 1. The summed E-state index contributed by atoms with van der Waals surface area (Å²) in [4.78, 5) is 11.3. The van der Waals surface area contributed by atoms with Crippen LogP contribution < -0.4 is 5.32 Å². The molecule has 3 nitrogen and oxygen atoms in total. The molecule has 17 heavy (non-hydrogen) atoms. The van der Waals surface area contributed by atoms with Gasteiger partial charge in [-0.2, -0.15) is 5.26 Å². The minimum Gasteiger partial charge on any atom is -0.325 e. The number of rotatable bonds is 2. The Morgan fingerprint density at radius 2 is 1.94 bits per heavy atom. The third kappa shape index (κ3) is 2.83. The maximum Gasteiger partial charge on any atom is 0.238 e. The van der Waals surface area contributed by atoms with E-state index in [1.807, 2.05) is 42.5 Å². The predicted octanol–water partition coefficient (Wildman–Crippen LogP) is 3.45. The van der Waals surface area contributed by atoms with Crippen molar-refractivity contribution in [3.05, 3.63) is 40.9 Å². The van der Waals surface area contributed by atoms with Crippen molar-refractivity contribution in [1.82, 2.24) is 0 Å². The number of benzene rings is 2. The quantitative estimate of drug-likeness (QED) is 0.920. The average Bonchev–Trinajstić information content (AvgIpc) is 2.29. The lowest BCUT2D eigenvalue weighted by Crippen LogP contribution is -2.09. The summed E-state index contributed by atoms with van der Waals surface area (Å²) in [6.45, 7) is 0. The fraction of sp³-hybridized carbons (Fsp3) is 0.0769. The number of hydrogen-bond acceptors (Lipinski definition) is 2. The van der Waals surface area contributed by atoms with E-state index >= 15 is 0 Å². The lowest BCUT2D eigenvalue weighted by atomic mass is 10.1. The van der Waals surface area contributed by atoms with Crippen LogP contribution in [0.3, 0.4) is 0 Å². The minimum atomic E-state index is -0.288. The van der Waals surface area contributed by atoms with Crippen LogP contribution in [0.15, 0.2) is 40.9 Å². The molecule has 0 bridgehead atoms. The number of nitrogens with one attached hydrogen (secondary N) is 1. The highest BCUT2D eigenvalue weighted by atomic mass is 79.9. The fourth-order valence-electron chi connectivity index (χ4n) is 1.57. The van der Waals surface area contributed by atoms with Crippen molar-refractivity contribution in [2.24, 2.45) is 0 Å². The Morgan fingerprint density at radius 3 is 2.71 bits per heavy atom. The summed E-state index contributed by atoms with van der Waals surface area (Å²) in [5, 5.41) is 13.2. The number of amides is 1. The molecule has 1 N–H and O–H groups in total. The monoisotopic (exact) mass is 288 g/mol. The second kappa shape index (κ2) is 4.98. The molecule has 4 heteroatoms. The number of carbonyl (C=O) groups is 1. The van der Waals surface area contributed by atoms with Crippen LogP contribution in [0, 0.1) is 11.3 Å². The molecule has 84 valence electrons. The number of anilines is 1. The molecule has 0 aliphatic rings. The van der Waals surface area contributed by atoms with E-state index in [2.05, 4.69) is 21.2 Å². The van der Waals surface area contributed by atoms with Crippen LogP contribution in [0.5, 0.6) is 0 Å². The third-order valence-corrected chi connectivity index (χ3v) is 2.82. The molecular weight excluding hydrogens is 280 g/mol. The Labute approximate surface area is 107 Å². The summed E-state index contributed by atoms with van der Waals surface area (Å²) in [6, 6.07) is 13.4. The molecule has 0 atom stereocenters. The molecule has 2 rings (SSSR count). The summed E-state index contributed by atoms with van der Waals surface area (Å²) >= 11 is 3.41. The van der Waals surface area contributed by atoms with Crippen LogP contribution in [0.1, 0.15) is 6.42 Å². The molecule has 0 saturated carbocycles. The summed E-state index contributed by atoms with van der Waals surface area (Å²) in [5.74, 6) is -0.288. The molecule has 0 aliphatic carbocycles. The first-order valence-electron chi connectivity index (χ1n) is 5.05. The Hall–Kier alpha value is -1.86. The zero-order valence-electron chi connectivity index (χ0n) is 8.90. The minimum absolute atomic E-state index is 0.127. The van der Waals surface area contributed by atoms with Gasteiger partial charge < -0.3 is 5.32 Å². The number of nitriles is 1. The normalized spacial score (nSPS) is 9.88. The first kappa shape index (κ1) is 11.6. The van der Waals surface area contributed by atoms with E-state index in [0.29, 0.717) is 5.69 Å². The molecule has 0 radical (unpaired) electrons. The smallest absolute Gasteiger partial charge is 0.238 e. The zero-order chi connectivity index (χ0) is 12.3. The largest absolute Gasteiger partial charge is 0.325 e. The van der Waals surface area contributed by atoms with E-state index in [-0.39, 0.29) is 12.3 Å². The highest BCUT2D eigenvalue weighted by Gasteiger charge is 2.02. The highest BCUT2D eigenvalue weighted by Crippen LogP contribution is 2.22. The lowest BCUT2D eigenvalue weighted by Gasteiger charge is -2.05. The Bertz CT molecular complexity index is 616. The summed E-state index contributed by atoms with van der Waals surface area (Å²) in [6.07, 6.45) is -0.127. The molecule has 1 amide bonds. The molecule has 2 aromatic rings. The standard InChI is InChI=1S/C13H9BrN2O/c14-11-3-1-10-8-12(4-2-9(10)7-11)16-13(17)5-6-15/h1-4,7-8H,5H2,(H,16,17). The first-order valence-corrected chi connectivity index (χ1v) is 5.84. The van der Waals surface area contributed by atoms with Crippen LogP contribution in [-0.2, 0) is 4.79 Å². The van der Waals surface area contributed by atoms with Gasteiger partial charge in [-0.15, -0.1) is 0 Å². The third-order valence-electron chi connectivity index (χ3n) is 2.33. The maximum atomic E-state index is 11.3. The number of halogens is 1. The molecule has 0 unspecified atom stereocenters. The Morgan fingerprint density at radius 1 is 1.24 bits per heavy atom. The second-order valence-corrected chi connectivity index (χ2v) is 4.50.